The monoisotopic (exact) mass is 480 g/mol. The zero-order valence-electron chi connectivity index (χ0n) is 18.1. The molecule has 2 unspecified atom stereocenters. The highest BCUT2D eigenvalue weighted by Gasteiger charge is 2.55. The number of aliphatic hydroxyl groups excluding tert-OH is 1. The third-order valence-electron chi connectivity index (χ3n) is 4.97. The maximum Gasteiger partial charge on any atom is 0.350 e. The normalized spacial score (nSPS) is 29.0. The predicted molar refractivity (Wildman–Crippen MR) is 117 cm³/mol. The zero-order chi connectivity index (χ0) is 23.6. The first kappa shape index (κ1) is 25.8. The van der Waals surface area contributed by atoms with Crippen LogP contribution in [-0.4, -0.2) is 64.1 Å². The zero-order valence-corrected chi connectivity index (χ0v) is 19.9. The van der Waals surface area contributed by atoms with Gasteiger partial charge in [0.05, 0.1) is 19.3 Å². The van der Waals surface area contributed by atoms with Gasteiger partial charge in [0.2, 0.25) is 0 Å². The number of halogens is 1. The molecule has 0 saturated carbocycles. The fraction of sp³-hybridized carbons (Fsp3) is 0.722. The van der Waals surface area contributed by atoms with Gasteiger partial charge in [0.1, 0.15) is 23.4 Å². The number of anilines is 1. The van der Waals surface area contributed by atoms with Crippen LogP contribution in [0.5, 0.6) is 0 Å². The lowest BCUT2D eigenvalue weighted by atomic mass is 9.82. The Kier molecular flexibility index (Phi) is 8.32. The van der Waals surface area contributed by atoms with E-state index in [9.17, 15) is 19.3 Å². The van der Waals surface area contributed by atoms with Gasteiger partial charge in [-0.15, -0.1) is 11.8 Å². The summed E-state index contributed by atoms with van der Waals surface area (Å²) < 4.78 is 40.1. The predicted octanol–water partition coefficient (Wildman–Crippen LogP) is 1.55. The van der Waals surface area contributed by atoms with Crippen molar-refractivity contribution in [2.45, 2.75) is 56.6 Å². The number of aliphatic hydroxyl groups is 1. The molecule has 1 aliphatic heterocycles. The van der Waals surface area contributed by atoms with Gasteiger partial charge in [-0.2, -0.15) is 4.98 Å². The smallest absolute Gasteiger partial charge is 0.350 e. The molecule has 1 aromatic heterocycles. The van der Waals surface area contributed by atoms with Crippen LogP contribution in [0.3, 0.4) is 0 Å². The van der Waals surface area contributed by atoms with Crippen LogP contribution in [0.4, 0.5) is 10.2 Å². The number of esters is 1. The van der Waals surface area contributed by atoms with E-state index in [0.29, 0.717) is 0 Å². The molecular weight excluding hydrogens is 450 g/mol. The van der Waals surface area contributed by atoms with Crippen LogP contribution in [0.2, 0.25) is 0 Å². The third kappa shape index (κ3) is 6.07. The molecule has 0 amide bonds. The van der Waals surface area contributed by atoms with E-state index in [-0.39, 0.29) is 25.1 Å². The van der Waals surface area contributed by atoms with Crippen molar-refractivity contribution in [1.82, 2.24) is 14.6 Å². The van der Waals surface area contributed by atoms with Crippen LogP contribution in [0.25, 0.3) is 0 Å². The van der Waals surface area contributed by atoms with Crippen molar-refractivity contribution in [3.05, 3.63) is 22.7 Å². The molecule has 6 atom stereocenters. The fourth-order valence-electron chi connectivity index (χ4n) is 3.18. The largest absolute Gasteiger partial charge is 0.462 e. The average molecular weight is 480 g/mol. The number of ether oxygens (including phenoxy) is 1. The molecule has 2 heterocycles. The van der Waals surface area contributed by atoms with Crippen molar-refractivity contribution in [3.63, 3.8) is 0 Å². The van der Waals surface area contributed by atoms with Crippen molar-refractivity contribution >= 4 is 31.1 Å². The highest BCUT2D eigenvalue weighted by atomic mass is 32.2. The number of carbonyl (C=O) groups is 1. The molecule has 10 nitrogen and oxygen atoms in total. The second-order valence-corrected chi connectivity index (χ2v) is 11.6. The first-order valence-electron chi connectivity index (χ1n) is 9.76. The number of hydrogen-bond donors (Lipinski definition) is 3. The van der Waals surface area contributed by atoms with Crippen LogP contribution in [0.1, 0.15) is 33.1 Å². The van der Waals surface area contributed by atoms with Crippen LogP contribution in [-0.2, 0) is 18.6 Å². The van der Waals surface area contributed by atoms with Gasteiger partial charge in [0.15, 0.2) is 0 Å². The van der Waals surface area contributed by atoms with Crippen LogP contribution in [0.15, 0.2) is 17.1 Å². The third-order valence-corrected chi connectivity index (χ3v) is 8.21. The summed E-state index contributed by atoms with van der Waals surface area (Å²) in [4.78, 5) is 27.7. The standard InChI is InChI=1S/C18H30FN4O6PS/c1-10(2)29-16(25)11(3)22-30(5,27)28-9-18(4)12(8-24)31-15(14(18)19)23-7-6-13(20)21-17(23)26/h6-7,10-12,14-15,24H,8-9H2,1-5H3,(H,22,27)(H2,20,21,26)/t11-,12+,14-,15-,18?,30?/m0/s1. The van der Waals surface area contributed by atoms with E-state index in [4.69, 9.17) is 15.0 Å². The summed E-state index contributed by atoms with van der Waals surface area (Å²) in [6, 6.07) is 0.488. The molecule has 0 bridgehead atoms. The fourth-order valence-corrected chi connectivity index (χ4v) is 6.26. The number of alkyl halides is 1. The molecule has 0 aromatic carbocycles. The number of nitrogen functional groups attached to an aromatic ring is 1. The lowest BCUT2D eigenvalue weighted by Gasteiger charge is -2.33. The Labute approximate surface area is 184 Å². The Morgan fingerprint density at radius 3 is 2.71 bits per heavy atom. The summed E-state index contributed by atoms with van der Waals surface area (Å²) in [5.74, 6) is -0.567. The average Bonchev–Trinajstić information content (AvgIpc) is 2.91. The number of rotatable bonds is 9. The van der Waals surface area contributed by atoms with Crippen LogP contribution >= 0.6 is 19.3 Å². The van der Waals surface area contributed by atoms with E-state index in [1.54, 1.807) is 20.8 Å². The minimum absolute atomic E-state index is 0.0209. The first-order chi connectivity index (χ1) is 14.3. The van der Waals surface area contributed by atoms with Gasteiger partial charge in [-0.3, -0.25) is 13.9 Å². The minimum atomic E-state index is -3.52. The van der Waals surface area contributed by atoms with Crippen LogP contribution < -0.4 is 16.5 Å². The number of nitrogens with two attached hydrogens (primary N) is 1. The minimum Gasteiger partial charge on any atom is -0.462 e. The van der Waals surface area contributed by atoms with Gasteiger partial charge in [0, 0.05) is 23.5 Å². The lowest BCUT2D eigenvalue weighted by Crippen LogP contribution is -2.42. The van der Waals surface area contributed by atoms with E-state index >= 15 is 4.39 Å². The number of thioether (sulfide) groups is 1. The highest BCUT2D eigenvalue weighted by molar-refractivity contribution is 8.00. The van der Waals surface area contributed by atoms with Crippen molar-refractivity contribution < 1.29 is 28.1 Å². The molecular formula is C18H30FN4O6PS. The number of aromatic nitrogens is 2. The summed E-state index contributed by atoms with van der Waals surface area (Å²) in [6.07, 6.45) is -0.602. The molecule has 0 radical (unpaired) electrons. The van der Waals surface area contributed by atoms with Gasteiger partial charge in [-0.05, 0) is 26.8 Å². The molecule has 13 heteroatoms. The Hall–Kier alpha value is -1.46. The Bertz CT molecular complexity index is 902. The maximum atomic E-state index is 15.5. The van der Waals surface area contributed by atoms with E-state index in [1.807, 2.05) is 0 Å². The SMILES string of the molecule is CC(C)OC(=O)[C@H](C)NP(C)(=O)OCC1(C)[C@@H](CO)S[C@H](n2ccc(N)nc2=O)[C@@H]1F. The van der Waals surface area contributed by atoms with Crippen molar-refractivity contribution in [1.29, 1.82) is 0 Å². The van der Waals surface area contributed by atoms with Crippen LogP contribution in [0, 0.1) is 5.41 Å². The first-order valence-corrected chi connectivity index (χ1v) is 12.8. The second-order valence-electron chi connectivity index (χ2n) is 8.10. The number of nitrogens with zero attached hydrogens (tertiary/aromatic N) is 2. The maximum absolute atomic E-state index is 15.5. The van der Waals surface area contributed by atoms with E-state index < -0.39 is 47.4 Å². The summed E-state index contributed by atoms with van der Waals surface area (Å²) in [5.41, 5.74) is 3.52. The van der Waals surface area contributed by atoms with Crippen molar-refractivity contribution in [2.75, 3.05) is 25.6 Å². The molecule has 1 aromatic rings. The molecule has 1 aliphatic rings. The number of hydrogen-bond acceptors (Lipinski definition) is 9. The Morgan fingerprint density at radius 2 is 2.16 bits per heavy atom. The molecule has 0 spiro atoms. The van der Waals surface area contributed by atoms with E-state index in [2.05, 4.69) is 10.1 Å². The molecule has 176 valence electrons. The topological polar surface area (TPSA) is 146 Å². The van der Waals surface area contributed by atoms with Gasteiger partial charge in [0.25, 0.3) is 7.52 Å². The second kappa shape index (κ2) is 9.99. The molecule has 0 aliphatic carbocycles. The summed E-state index contributed by atoms with van der Waals surface area (Å²) in [6.45, 7) is 7.02. The van der Waals surface area contributed by atoms with Crippen molar-refractivity contribution in [2.24, 2.45) is 5.41 Å². The molecule has 2 rings (SSSR count). The van der Waals surface area contributed by atoms with Gasteiger partial charge in [-0.1, -0.05) is 6.92 Å². The highest BCUT2D eigenvalue weighted by Crippen LogP contribution is 2.55. The van der Waals surface area contributed by atoms with E-state index in [0.717, 1.165) is 16.3 Å². The Balaban J connectivity index is 2.14. The van der Waals surface area contributed by atoms with Gasteiger partial charge < -0.3 is 20.1 Å². The number of nitrogens with one attached hydrogen (secondary N) is 1. The summed E-state index contributed by atoms with van der Waals surface area (Å²) in [5, 5.41) is 10.8. The molecule has 31 heavy (non-hydrogen) atoms. The van der Waals surface area contributed by atoms with Gasteiger partial charge >= 0.3 is 11.7 Å². The molecule has 1 fully saturated rings. The molecule has 1 saturated heterocycles. The lowest BCUT2D eigenvalue weighted by molar-refractivity contribution is -0.149. The van der Waals surface area contributed by atoms with E-state index in [1.165, 1.54) is 25.9 Å². The number of carbonyl (C=O) groups excluding carboxylic acids is 1. The van der Waals surface area contributed by atoms with Crippen molar-refractivity contribution in [3.8, 4) is 0 Å². The molecule has 4 N–H and O–H groups in total. The quantitative estimate of drug-likeness (QED) is 0.351. The summed E-state index contributed by atoms with van der Waals surface area (Å²) >= 11 is 1.07. The summed E-state index contributed by atoms with van der Waals surface area (Å²) in [7, 11) is -3.52. The van der Waals surface area contributed by atoms with Gasteiger partial charge in [-0.25, -0.2) is 14.3 Å². The Morgan fingerprint density at radius 1 is 1.52 bits per heavy atom.